The first-order chi connectivity index (χ1) is 11.0. The van der Waals surface area contributed by atoms with E-state index in [4.69, 9.17) is 0 Å². The number of halogens is 2. The Morgan fingerprint density at radius 2 is 2.09 bits per heavy atom. The lowest BCUT2D eigenvalue weighted by molar-refractivity contribution is -0.127. The molecule has 122 valence electrons. The van der Waals surface area contributed by atoms with Gasteiger partial charge in [-0.15, -0.1) is 0 Å². The third-order valence-electron chi connectivity index (χ3n) is 4.42. The Balaban J connectivity index is 1.83. The third-order valence-corrected chi connectivity index (χ3v) is 4.42. The van der Waals surface area contributed by atoms with Crippen molar-refractivity contribution in [3.63, 3.8) is 0 Å². The number of carbonyl (C=O) groups excluding carboxylic acids is 1. The normalized spacial score (nSPS) is 16.5. The summed E-state index contributed by atoms with van der Waals surface area (Å²) < 4.78 is 27.4. The van der Waals surface area contributed by atoms with Gasteiger partial charge in [-0.05, 0) is 18.9 Å². The highest BCUT2D eigenvalue weighted by molar-refractivity contribution is 5.88. The molecule has 1 aliphatic rings. The van der Waals surface area contributed by atoms with Crippen molar-refractivity contribution in [2.24, 2.45) is 7.05 Å². The van der Waals surface area contributed by atoms with Gasteiger partial charge in [-0.1, -0.05) is 18.9 Å². The molecule has 0 unspecified atom stereocenters. The predicted molar refractivity (Wildman–Crippen MR) is 79.4 cm³/mol. The van der Waals surface area contributed by atoms with E-state index < -0.39 is 17.0 Å². The lowest BCUT2D eigenvalue weighted by atomic mass is 9.77. The first-order valence-corrected chi connectivity index (χ1v) is 7.60. The molecule has 0 aliphatic heterocycles. The van der Waals surface area contributed by atoms with Gasteiger partial charge in [0.1, 0.15) is 17.3 Å². The minimum absolute atomic E-state index is 0.233. The summed E-state index contributed by atoms with van der Waals surface area (Å²) in [4.78, 5) is 14.2. The fraction of sp³-hybridized carbons (Fsp3) is 0.438. The second-order valence-electron chi connectivity index (χ2n) is 5.92. The zero-order valence-electron chi connectivity index (χ0n) is 12.9. The molecule has 1 heterocycles. The van der Waals surface area contributed by atoms with Gasteiger partial charge in [-0.3, -0.25) is 4.79 Å². The third kappa shape index (κ3) is 2.95. The molecule has 1 aromatic heterocycles. The van der Waals surface area contributed by atoms with Gasteiger partial charge >= 0.3 is 0 Å². The van der Waals surface area contributed by atoms with E-state index in [9.17, 15) is 13.6 Å². The van der Waals surface area contributed by atoms with E-state index >= 15 is 0 Å². The van der Waals surface area contributed by atoms with Crippen LogP contribution in [0.2, 0.25) is 0 Å². The highest BCUT2D eigenvalue weighted by Crippen LogP contribution is 2.42. The van der Waals surface area contributed by atoms with Crippen LogP contribution in [0.3, 0.4) is 0 Å². The molecule has 0 atom stereocenters. The number of aromatic nitrogens is 3. The van der Waals surface area contributed by atoms with Crippen LogP contribution in [0.5, 0.6) is 0 Å². The van der Waals surface area contributed by atoms with Crippen molar-refractivity contribution in [2.75, 3.05) is 0 Å². The van der Waals surface area contributed by atoms with Crippen LogP contribution in [0.1, 0.15) is 36.9 Å². The molecule has 0 spiro atoms. The van der Waals surface area contributed by atoms with E-state index in [1.54, 1.807) is 13.2 Å². The number of carbonyl (C=O) groups is 1. The van der Waals surface area contributed by atoms with Gasteiger partial charge < -0.3 is 5.32 Å². The van der Waals surface area contributed by atoms with E-state index in [-0.39, 0.29) is 18.0 Å². The van der Waals surface area contributed by atoms with Crippen LogP contribution in [0.15, 0.2) is 24.4 Å². The van der Waals surface area contributed by atoms with E-state index in [1.807, 2.05) is 0 Å². The first-order valence-electron chi connectivity index (χ1n) is 7.60. The van der Waals surface area contributed by atoms with E-state index in [1.165, 1.54) is 16.9 Å². The Morgan fingerprint density at radius 3 is 2.70 bits per heavy atom. The summed E-state index contributed by atoms with van der Waals surface area (Å²) in [7, 11) is 1.69. The van der Waals surface area contributed by atoms with Crippen molar-refractivity contribution >= 4 is 5.91 Å². The van der Waals surface area contributed by atoms with Crippen LogP contribution in [0.4, 0.5) is 8.78 Å². The number of amides is 1. The molecule has 7 heteroatoms. The lowest BCUT2D eigenvalue weighted by Gasteiger charge is -2.28. The average molecular weight is 320 g/mol. The topological polar surface area (TPSA) is 59.8 Å². The molecule has 1 fully saturated rings. The average Bonchev–Trinajstić information content (AvgIpc) is 3.14. The highest BCUT2D eigenvalue weighted by Gasteiger charge is 2.44. The summed E-state index contributed by atoms with van der Waals surface area (Å²) in [6.45, 7) is 0.233. The molecule has 1 amide bonds. The SMILES string of the molecule is Cn1ncc(CNC(=O)C2(c3ccc(F)cc3F)CCCC2)n1. The van der Waals surface area contributed by atoms with Crippen LogP contribution in [-0.4, -0.2) is 20.9 Å². The largest absolute Gasteiger partial charge is 0.350 e. The Bertz CT molecular complexity index is 723. The number of hydrogen-bond acceptors (Lipinski definition) is 3. The molecule has 23 heavy (non-hydrogen) atoms. The number of hydrogen-bond donors (Lipinski definition) is 1. The molecule has 3 rings (SSSR count). The second kappa shape index (κ2) is 6.06. The van der Waals surface area contributed by atoms with Crippen LogP contribution >= 0.6 is 0 Å². The molecule has 0 saturated heterocycles. The predicted octanol–water partition coefficient (Wildman–Crippen LogP) is 2.22. The molecular weight excluding hydrogens is 302 g/mol. The van der Waals surface area contributed by atoms with Gasteiger partial charge in [-0.25, -0.2) is 8.78 Å². The summed E-state index contributed by atoms with van der Waals surface area (Å²) in [6, 6.07) is 3.43. The number of aryl methyl sites for hydroxylation is 1. The van der Waals surface area contributed by atoms with E-state index in [2.05, 4.69) is 15.5 Å². The number of nitrogens with zero attached hydrogens (tertiary/aromatic N) is 3. The van der Waals surface area contributed by atoms with E-state index in [0.29, 0.717) is 18.5 Å². The first kappa shape index (κ1) is 15.6. The summed E-state index contributed by atoms with van der Waals surface area (Å²) in [5.74, 6) is -1.55. The maximum absolute atomic E-state index is 14.2. The van der Waals surface area contributed by atoms with Crippen molar-refractivity contribution in [1.29, 1.82) is 0 Å². The van der Waals surface area contributed by atoms with Crippen molar-refractivity contribution in [2.45, 2.75) is 37.6 Å². The monoisotopic (exact) mass is 320 g/mol. The standard InChI is InChI=1S/C16H18F2N4O/c1-22-20-10-12(21-22)9-19-15(23)16(6-2-3-7-16)13-5-4-11(17)8-14(13)18/h4-5,8,10H,2-3,6-7,9H2,1H3,(H,19,23). The van der Waals surface area contributed by atoms with Gasteiger partial charge in [0, 0.05) is 18.7 Å². The second-order valence-corrected chi connectivity index (χ2v) is 5.92. The van der Waals surface area contributed by atoms with Crippen LogP contribution < -0.4 is 5.32 Å². The molecule has 1 saturated carbocycles. The zero-order valence-corrected chi connectivity index (χ0v) is 12.9. The molecule has 5 nitrogen and oxygen atoms in total. The summed E-state index contributed by atoms with van der Waals surface area (Å²) in [5.41, 5.74) is -0.0263. The maximum Gasteiger partial charge on any atom is 0.231 e. The van der Waals surface area contributed by atoms with Gasteiger partial charge in [0.2, 0.25) is 5.91 Å². The van der Waals surface area contributed by atoms with Gasteiger partial charge in [-0.2, -0.15) is 15.0 Å². The van der Waals surface area contributed by atoms with Crippen LogP contribution in [0.25, 0.3) is 0 Å². The fourth-order valence-corrected chi connectivity index (χ4v) is 3.28. The smallest absolute Gasteiger partial charge is 0.231 e. The lowest BCUT2D eigenvalue weighted by Crippen LogP contribution is -2.43. The molecular formula is C16H18F2N4O. The summed E-state index contributed by atoms with van der Waals surface area (Å²) in [6.07, 6.45) is 4.37. The minimum atomic E-state index is -0.931. The molecule has 0 bridgehead atoms. The van der Waals surface area contributed by atoms with Crippen LogP contribution in [-0.2, 0) is 23.8 Å². The zero-order chi connectivity index (χ0) is 16.4. The maximum atomic E-state index is 14.2. The summed E-state index contributed by atoms with van der Waals surface area (Å²) >= 11 is 0. The summed E-state index contributed by atoms with van der Waals surface area (Å²) in [5, 5.41) is 10.9. The Morgan fingerprint density at radius 1 is 1.35 bits per heavy atom. The number of rotatable bonds is 4. The number of benzene rings is 1. The van der Waals surface area contributed by atoms with Gasteiger partial charge in [0.25, 0.3) is 0 Å². The van der Waals surface area contributed by atoms with Crippen molar-refractivity contribution in [3.05, 3.63) is 47.3 Å². The van der Waals surface area contributed by atoms with Gasteiger partial charge in [0.05, 0.1) is 18.2 Å². The van der Waals surface area contributed by atoms with Crippen molar-refractivity contribution in [3.8, 4) is 0 Å². The highest BCUT2D eigenvalue weighted by atomic mass is 19.1. The Kier molecular flexibility index (Phi) is 4.11. The quantitative estimate of drug-likeness (QED) is 0.940. The van der Waals surface area contributed by atoms with Crippen LogP contribution in [0, 0.1) is 11.6 Å². The van der Waals surface area contributed by atoms with Crippen molar-refractivity contribution in [1.82, 2.24) is 20.3 Å². The Hall–Kier alpha value is -2.31. The minimum Gasteiger partial charge on any atom is -0.350 e. The fourth-order valence-electron chi connectivity index (χ4n) is 3.28. The molecule has 2 aromatic rings. The number of nitrogens with one attached hydrogen (secondary N) is 1. The molecule has 1 N–H and O–H groups in total. The van der Waals surface area contributed by atoms with Crippen molar-refractivity contribution < 1.29 is 13.6 Å². The molecule has 0 radical (unpaired) electrons. The molecule has 1 aliphatic carbocycles. The Labute approximate surface area is 132 Å². The van der Waals surface area contributed by atoms with Gasteiger partial charge in [0.15, 0.2) is 0 Å². The van der Waals surface area contributed by atoms with E-state index in [0.717, 1.165) is 18.9 Å². The molecule has 1 aromatic carbocycles.